The van der Waals surface area contributed by atoms with Crippen molar-refractivity contribution >= 4 is 11.8 Å². The molecule has 0 aliphatic rings. The Morgan fingerprint density at radius 2 is 1.60 bits per heavy atom. The zero-order chi connectivity index (χ0) is 18.6. The van der Waals surface area contributed by atoms with Crippen molar-refractivity contribution in [2.45, 2.75) is 13.3 Å². The van der Waals surface area contributed by atoms with Crippen LogP contribution in [-0.2, 0) is 0 Å². The largest absolute Gasteiger partial charge is 0.573 e. The average Bonchev–Trinajstić information content (AvgIpc) is 2.51. The lowest BCUT2D eigenvalue weighted by molar-refractivity contribution is -0.274. The summed E-state index contributed by atoms with van der Waals surface area (Å²) in [4.78, 5) is 37.7. The first-order chi connectivity index (χ1) is 11.7. The fraction of sp³-hybridized carbons (Fsp3) is 0.133. The molecule has 0 fully saturated rings. The molecule has 0 saturated heterocycles. The number of halogens is 3. The van der Waals surface area contributed by atoms with E-state index >= 15 is 0 Å². The van der Waals surface area contributed by atoms with Crippen LogP contribution in [0.4, 0.5) is 13.2 Å². The van der Waals surface area contributed by atoms with Crippen molar-refractivity contribution in [3.8, 4) is 5.75 Å². The number of aromatic amines is 1. The van der Waals surface area contributed by atoms with Crippen molar-refractivity contribution in [2.75, 3.05) is 0 Å². The van der Waals surface area contributed by atoms with Crippen LogP contribution < -0.4 is 21.1 Å². The van der Waals surface area contributed by atoms with E-state index in [9.17, 15) is 27.6 Å². The first-order valence-corrected chi connectivity index (χ1v) is 6.82. The number of rotatable bonds is 3. The van der Waals surface area contributed by atoms with Crippen molar-refractivity contribution in [3.05, 3.63) is 63.6 Å². The van der Waals surface area contributed by atoms with Gasteiger partial charge in [-0.1, -0.05) is 0 Å². The molecule has 0 atom stereocenters. The minimum Gasteiger partial charge on any atom is -0.406 e. The first kappa shape index (κ1) is 18.0. The number of hydrogen-bond donors (Lipinski definition) is 3. The maximum Gasteiger partial charge on any atom is 0.573 e. The van der Waals surface area contributed by atoms with Crippen molar-refractivity contribution in [1.29, 1.82) is 0 Å². The molecule has 132 valence electrons. The van der Waals surface area contributed by atoms with E-state index in [0.717, 1.165) is 24.3 Å². The third-order valence-electron chi connectivity index (χ3n) is 2.94. The van der Waals surface area contributed by atoms with Gasteiger partial charge in [-0.15, -0.1) is 13.2 Å². The Bertz CT molecular complexity index is 844. The number of carbonyl (C=O) groups excluding carboxylic acids is 2. The third-order valence-corrected chi connectivity index (χ3v) is 2.94. The van der Waals surface area contributed by atoms with Crippen LogP contribution in [0.25, 0.3) is 0 Å². The lowest BCUT2D eigenvalue weighted by atomic mass is 10.2. The smallest absolute Gasteiger partial charge is 0.406 e. The van der Waals surface area contributed by atoms with Gasteiger partial charge in [0, 0.05) is 11.3 Å². The van der Waals surface area contributed by atoms with Gasteiger partial charge < -0.3 is 9.72 Å². The molecular weight excluding hydrogens is 343 g/mol. The molecule has 0 radical (unpaired) electrons. The normalized spacial score (nSPS) is 10.9. The Hall–Kier alpha value is -3.30. The summed E-state index contributed by atoms with van der Waals surface area (Å²) >= 11 is 0. The number of ether oxygens (including phenoxy) is 1. The maximum atomic E-state index is 12.1. The van der Waals surface area contributed by atoms with E-state index in [1.165, 1.54) is 12.1 Å². The molecule has 2 rings (SSSR count). The molecule has 2 amide bonds. The molecule has 0 aliphatic carbocycles. The molecule has 25 heavy (non-hydrogen) atoms. The Morgan fingerprint density at radius 3 is 2.16 bits per heavy atom. The minimum absolute atomic E-state index is 0.0207. The summed E-state index contributed by atoms with van der Waals surface area (Å²) in [6.07, 6.45) is -4.83. The van der Waals surface area contributed by atoms with Gasteiger partial charge in [0.2, 0.25) is 0 Å². The van der Waals surface area contributed by atoms with Gasteiger partial charge in [-0.05, 0) is 43.3 Å². The number of pyridine rings is 1. The molecule has 1 heterocycles. The van der Waals surface area contributed by atoms with Crippen molar-refractivity contribution in [1.82, 2.24) is 15.8 Å². The van der Waals surface area contributed by atoms with Crippen LogP contribution in [0.2, 0.25) is 0 Å². The summed E-state index contributed by atoms with van der Waals surface area (Å²) in [5.41, 5.74) is 3.80. The Balaban J connectivity index is 1.98. The number of alkyl halides is 3. The second-order valence-corrected chi connectivity index (χ2v) is 4.86. The highest BCUT2D eigenvalue weighted by Crippen LogP contribution is 2.22. The highest BCUT2D eigenvalue weighted by Gasteiger charge is 2.31. The predicted molar refractivity (Wildman–Crippen MR) is 79.9 cm³/mol. The van der Waals surface area contributed by atoms with E-state index in [-0.39, 0.29) is 11.1 Å². The van der Waals surface area contributed by atoms with Crippen LogP contribution in [-0.4, -0.2) is 23.2 Å². The van der Waals surface area contributed by atoms with Crippen LogP contribution in [0, 0.1) is 6.92 Å². The van der Waals surface area contributed by atoms with Crippen LogP contribution in [0.5, 0.6) is 5.75 Å². The number of amides is 2. The molecule has 7 nitrogen and oxygen atoms in total. The van der Waals surface area contributed by atoms with E-state index in [0.29, 0.717) is 5.69 Å². The van der Waals surface area contributed by atoms with Crippen molar-refractivity contribution in [3.63, 3.8) is 0 Å². The fourth-order valence-electron chi connectivity index (χ4n) is 1.81. The molecule has 0 saturated carbocycles. The van der Waals surface area contributed by atoms with Crippen LogP contribution >= 0.6 is 0 Å². The molecule has 0 spiro atoms. The third kappa shape index (κ3) is 5.09. The number of H-pyrrole nitrogens is 1. The monoisotopic (exact) mass is 355 g/mol. The fourth-order valence-corrected chi connectivity index (χ4v) is 1.81. The van der Waals surface area contributed by atoms with Crippen LogP contribution in [0.1, 0.15) is 26.4 Å². The molecule has 1 aromatic heterocycles. The number of aryl methyl sites for hydroxylation is 1. The second kappa shape index (κ2) is 7.07. The number of aromatic nitrogens is 1. The Kier molecular flexibility index (Phi) is 5.11. The quantitative estimate of drug-likeness (QED) is 0.729. The molecule has 3 N–H and O–H groups in total. The summed E-state index contributed by atoms with van der Waals surface area (Å²) in [6, 6.07) is 6.88. The maximum absolute atomic E-state index is 12.1. The lowest BCUT2D eigenvalue weighted by Crippen LogP contribution is -2.43. The van der Waals surface area contributed by atoms with Gasteiger partial charge in [0.25, 0.3) is 17.4 Å². The SMILES string of the molecule is Cc1ccc(C(=O)NNC(=O)c2ccc(OC(F)(F)F)cc2)c(=O)[nH]1. The number of nitrogens with one attached hydrogen (secondary N) is 3. The number of hydrogen-bond acceptors (Lipinski definition) is 4. The highest BCUT2D eigenvalue weighted by atomic mass is 19.4. The van der Waals surface area contributed by atoms with Gasteiger partial charge in [-0.3, -0.25) is 25.2 Å². The van der Waals surface area contributed by atoms with Gasteiger partial charge in [0.15, 0.2) is 0 Å². The zero-order valence-electron chi connectivity index (χ0n) is 12.7. The molecule has 0 bridgehead atoms. The van der Waals surface area contributed by atoms with Crippen molar-refractivity contribution < 1.29 is 27.5 Å². The minimum atomic E-state index is -4.83. The summed E-state index contributed by atoms with van der Waals surface area (Å²) in [7, 11) is 0. The highest BCUT2D eigenvalue weighted by molar-refractivity contribution is 5.98. The summed E-state index contributed by atoms with van der Waals surface area (Å²) in [5.74, 6) is -2.11. The van der Waals surface area contributed by atoms with Gasteiger partial charge in [0.1, 0.15) is 11.3 Å². The van der Waals surface area contributed by atoms with Gasteiger partial charge >= 0.3 is 6.36 Å². The summed E-state index contributed by atoms with van der Waals surface area (Å²) in [5, 5.41) is 0. The number of carbonyl (C=O) groups is 2. The van der Waals surface area contributed by atoms with E-state index in [1.54, 1.807) is 6.92 Å². The molecule has 2 aromatic rings. The first-order valence-electron chi connectivity index (χ1n) is 6.82. The molecular formula is C15H12F3N3O4. The number of hydrazine groups is 1. The molecule has 10 heteroatoms. The summed E-state index contributed by atoms with van der Waals surface area (Å²) < 4.78 is 39.8. The topological polar surface area (TPSA) is 100 Å². The standard InChI is InChI=1S/C15H12F3N3O4/c1-8-2-7-11(13(23)19-8)14(24)21-20-12(22)9-3-5-10(6-4-9)25-15(16,17)18/h2-7H,1H3,(H,19,23)(H,20,22)(H,21,24). The van der Waals surface area contributed by atoms with Crippen LogP contribution in [0.3, 0.4) is 0 Å². The van der Waals surface area contributed by atoms with Gasteiger partial charge in [0.05, 0.1) is 0 Å². The predicted octanol–water partition coefficient (Wildman–Crippen LogP) is 1.66. The van der Waals surface area contributed by atoms with Crippen molar-refractivity contribution in [2.24, 2.45) is 0 Å². The molecule has 1 aromatic carbocycles. The van der Waals surface area contributed by atoms with E-state index in [1.807, 2.05) is 5.43 Å². The zero-order valence-corrected chi connectivity index (χ0v) is 12.7. The lowest BCUT2D eigenvalue weighted by Gasteiger charge is -2.10. The molecule has 0 aliphatic heterocycles. The molecule has 0 unspecified atom stereocenters. The number of benzene rings is 1. The Labute approximate surface area is 138 Å². The summed E-state index contributed by atoms with van der Waals surface area (Å²) in [6.45, 7) is 1.64. The van der Waals surface area contributed by atoms with Gasteiger partial charge in [-0.2, -0.15) is 0 Å². The Morgan fingerprint density at radius 1 is 1.00 bits per heavy atom. The van der Waals surface area contributed by atoms with E-state index in [2.05, 4.69) is 15.1 Å². The van der Waals surface area contributed by atoms with E-state index in [4.69, 9.17) is 0 Å². The van der Waals surface area contributed by atoms with Gasteiger partial charge in [-0.25, -0.2) is 0 Å². The average molecular weight is 355 g/mol. The second-order valence-electron chi connectivity index (χ2n) is 4.86. The van der Waals surface area contributed by atoms with E-state index < -0.39 is 29.5 Å². The van der Waals surface area contributed by atoms with Crippen LogP contribution in [0.15, 0.2) is 41.2 Å².